The molecule has 1 rings (SSSR count). The zero-order valence-electron chi connectivity index (χ0n) is 5.72. The Labute approximate surface area is 70.6 Å². The van der Waals surface area contributed by atoms with Crippen LogP contribution >= 0.6 is 11.5 Å². The molecule has 6 nitrogen and oxygen atoms in total. The lowest BCUT2D eigenvalue weighted by atomic mass is 10.3. The minimum absolute atomic E-state index is 0.162. The summed E-state index contributed by atoms with van der Waals surface area (Å²) in [6.45, 7) is 0. The van der Waals surface area contributed by atoms with Crippen LogP contribution in [0.15, 0.2) is 0 Å². The molecule has 1 aromatic heterocycles. The van der Waals surface area contributed by atoms with Gasteiger partial charge < -0.3 is 10.2 Å². The molecule has 0 aliphatic carbocycles. The summed E-state index contributed by atoms with van der Waals surface area (Å²) in [7, 11) is 0. The van der Waals surface area contributed by atoms with E-state index in [4.69, 9.17) is 10.2 Å². The first-order chi connectivity index (χ1) is 5.61. The predicted molar refractivity (Wildman–Crippen MR) is 38.2 cm³/mol. The van der Waals surface area contributed by atoms with Gasteiger partial charge in [-0.15, -0.1) is 5.10 Å². The first-order valence-corrected chi connectivity index (χ1v) is 3.65. The minimum Gasteiger partial charge on any atom is -0.481 e. The highest BCUT2D eigenvalue weighted by atomic mass is 32.1. The number of aromatic carboxylic acids is 1. The summed E-state index contributed by atoms with van der Waals surface area (Å²) in [5, 5.41) is 20.1. The molecule has 0 saturated heterocycles. The third-order valence-electron chi connectivity index (χ3n) is 1.07. The molecule has 0 saturated carbocycles. The first kappa shape index (κ1) is 8.60. The lowest BCUT2D eigenvalue weighted by Gasteiger charge is -1.89. The zero-order chi connectivity index (χ0) is 9.14. The molecule has 0 fully saturated rings. The number of rotatable bonds is 3. The molecular weight excluding hydrogens is 184 g/mol. The molecule has 7 heteroatoms. The molecule has 0 amide bonds. The van der Waals surface area contributed by atoms with Crippen LogP contribution in [0.1, 0.15) is 15.4 Å². The normalized spacial score (nSPS) is 9.67. The molecule has 0 unspecified atom stereocenters. The summed E-state index contributed by atoms with van der Waals surface area (Å²) >= 11 is 0.783. The van der Waals surface area contributed by atoms with E-state index in [0.29, 0.717) is 0 Å². The fourth-order valence-corrected chi connectivity index (χ4v) is 1.25. The minimum atomic E-state index is -1.25. The van der Waals surface area contributed by atoms with Crippen LogP contribution in [0.5, 0.6) is 0 Å². The van der Waals surface area contributed by atoms with Gasteiger partial charge in [0, 0.05) is 0 Å². The Balaban J connectivity index is 2.91. The Kier molecular flexibility index (Phi) is 2.34. The average Bonchev–Trinajstić information content (AvgIpc) is 2.33. The van der Waals surface area contributed by atoms with Gasteiger partial charge in [0.05, 0.1) is 11.3 Å². The third-order valence-corrected chi connectivity index (χ3v) is 1.79. The van der Waals surface area contributed by atoms with Gasteiger partial charge in [-0.3, -0.25) is 4.79 Å². The Morgan fingerprint density at radius 3 is 2.58 bits per heavy atom. The van der Waals surface area contributed by atoms with Crippen molar-refractivity contribution in [1.29, 1.82) is 0 Å². The van der Waals surface area contributed by atoms with Gasteiger partial charge in [0.1, 0.15) is 0 Å². The standard InChI is InChI=1S/C5H4N2O4S/c8-3(9)1-2-4(5(10)11)6-7-12-2/h1H2,(H,8,9)(H,10,11). The van der Waals surface area contributed by atoms with Gasteiger partial charge in [-0.2, -0.15) is 0 Å². The fourth-order valence-electron chi connectivity index (χ4n) is 0.625. The van der Waals surface area contributed by atoms with Crippen LogP contribution in [0.3, 0.4) is 0 Å². The fraction of sp³-hybridized carbons (Fsp3) is 0.200. The summed E-state index contributed by atoms with van der Waals surface area (Å²) in [6.07, 6.45) is -0.348. The summed E-state index contributed by atoms with van der Waals surface area (Å²) in [4.78, 5) is 20.7. The summed E-state index contributed by atoms with van der Waals surface area (Å²) in [6, 6.07) is 0. The zero-order valence-corrected chi connectivity index (χ0v) is 6.54. The number of carboxylic acid groups (broad SMARTS) is 2. The molecule has 0 atom stereocenters. The van der Waals surface area contributed by atoms with Crippen molar-refractivity contribution in [2.45, 2.75) is 6.42 Å². The van der Waals surface area contributed by atoms with Crippen molar-refractivity contribution in [1.82, 2.24) is 9.59 Å². The molecule has 0 aliphatic heterocycles. The second-order valence-electron chi connectivity index (χ2n) is 1.92. The van der Waals surface area contributed by atoms with E-state index in [2.05, 4.69) is 9.59 Å². The second-order valence-corrected chi connectivity index (χ2v) is 2.76. The summed E-state index contributed by atoms with van der Waals surface area (Å²) in [5.74, 6) is -2.34. The third kappa shape index (κ3) is 1.76. The molecular formula is C5H4N2O4S. The molecule has 2 N–H and O–H groups in total. The van der Waals surface area contributed by atoms with Crippen LogP contribution in [-0.4, -0.2) is 31.7 Å². The number of carboxylic acids is 2. The van der Waals surface area contributed by atoms with Gasteiger partial charge in [0.25, 0.3) is 0 Å². The van der Waals surface area contributed by atoms with Crippen molar-refractivity contribution >= 4 is 23.5 Å². The second kappa shape index (κ2) is 3.26. The van der Waals surface area contributed by atoms with E-state index < -0.39 is 11.9 Å². The summed E-state index contributed by atoms with van der Waals surface area (Å²) in [5.41, 5.74) is -0.276. The van der Waals surface area contributed by atoms with Crippen LogP contribution in [-0.2, 0) is 11.2 Å². The molecule has 0 aliphatic rings. The number of aromatic nitrogens is 2. The van der Waals surface area contributed by atoms with Crippen molar-refractivity contribution in [3.05, 3.63) is 10.6 Å². The topological polar surface area (TPSA) is 100 Å². The number of aliphatic carboxylic acids is 1. The number of hydrogen-bond acceptors (Lipinski definition) is 5. The molecule has 64 valence electrons. The molecule has 0 spiro atoms. The van der Waals surface area contributed by atoms with E-state index in [1.165, 1.54) is 0 Å². The van der Waals surface area contributed by atoms with Gasteiger partial charge in [0.15, 0.2) is 5.69 Å². The number of carbonyl (C=O) groups is 2. The largest absolute Gasteiger partial charge is 0.481 e. The van der Waals surface area contributed by atoms with Crippen molar-refractivity contribution < 1.29 is 19.8 Å². The van der Waals surface area contributed by atoms with E-state index in [1.54, 1.807) is 0 Å². The molecule has 1 aromatic rings. The maximum Gasteiger partial charge on any atom is 0.357 e. The van der Waals surface area contributed by atoms with Crippen molar-refractivity contribution in [2.75, 3.05) is 0 Å². The molecule has 12 heavy (non-hydrogen) atoms. The van der Waals surface area contributed by atoms with Crippen molar-refractivity contribution in [3.63, 3.8) is 0 Å². The van der Waals surface area contributed by atoms with Gasteiger partial charge in [-0.1, -0.05) is 4.49 Å². The van der Waals surface area contributed by atoms with Crippen molar-refractivity contribution in [2.24, 2.45) is 0 Å². The quantitative estimate of drug-likeness (QED) is 0.684. The highest BCUT2D eigenvalue weighted by Crippen LogP contribution is 2.10. The molecule has 0 bridgehead atoms. The Morgan fingerprint density at radius 2 is 2.08 bits per heavy atom. The highest BCUT2D eigenvalue weighted by molar-refractivity contribution is 7.05. The Morgan fingerprint density at radius 1 is 1.42 bits per heavy atom. The van der Waals surface area contributed by atoms with Crippen LogP contribution in [0.25, 0.3) is 0 Å². The first-order valence-electron chi connectivity index (χ1n) is 2.87. The van der Waals surface area contributed by atoms with Crippen LogP contribution in [0.2, 0.25) is 0 Å². The molecule has 1 heterocycles. The summed E-state index contributed by atoms with van der Waals surface area (Å²) < 4.78 is 3.34. The smallest absolute Gasteiger partial charge is 0.357 e. The van der Waals surface area contributed by atoms with Crippen LogP contribution < -0.4 is 0 Å². The molecule has 0 aromatic carbocycles. The van der Waals surface area contributed by atoms with E-state index in [1.807, 2.05) is 0 Å². The lowest BCUT2D eigenvalue weighted by Crippen LogP contribution is -2.05. The molecule has 0 radical (unpaired) electrons. The maximum absolute atomic E-state index is 10.4. The average molecular weight is 188 g/mol. The highest BCUT2D eigenvalue weighted by Gasteiger charge is 2.16. The van der Waals surface area contributed by atoms with E-state index in [-0.39, 0.29) is 17.0 Å². The van der Waals surface area contributed by atoms with E-state index in [0.717, 1.165) is 11.5 Å². The number of nitrogens with zero attached hydrogens (tertiary/aromatic N) is 2. The maximum atomic E-state index is 10.4. The SMILES string of the molecule is O=C(O)Cc1snnc1C(=O)O. The van der Waals surface area contributed by atoms with Gasteiger partial charge in [-0.05, 0) is 11.5 Å². The van der Waals surface area contributed by atoms with Crippen LogP contribution in [0.4, 0.5) is 0 Å². The van der Waals surface area contributed by atoms with Crippen LogP contribution in [0, 0.1) is 0 Å². The van der Waals surface area contributed by atoms with E-state index in [9.17, 15) is 9.59 Å². The van der Waals surface area contributed by atoms with E-state index >= 15 is 0 Å². The number of hydrogen-bond donors (Lipinski definition) is 2. The van der Waals surface area contributed by atoms with Gasteiger partial charge >= 0.3 is 11.9 Å². The monoisotopic (exact) mass is 188 g/mol. The van der Waals surface area contributed by atoms with Crippen molar-refractivity contribution in [3.8, 4) is 0 Å². The Bertz CT molecular complexity index is 321. The van der Waals surface area contributed by atoms with Gasteiger partial charge in [-0.25, -0.2) is 4.79 Å². The lowest BCUT2D eigenvalue weighted by molar-refractivity contribution is -0.136. The Hall–Kier alpha value is -1.50. The predicted octanol–water partition coefficient (Wildman–Crippen LogP) is -0.137. The van der Waals surface area contributed by atoms with Gasteiger partial charge in [0.2, 0.25) is 0 Å².